The normalized spacial score (nSPS) is 16.0. The minimum absolute atomic E-state index is 0.128. The van der Waals surface area contributed by atoms with Crippen LogP contribution in [0.25, 0.3) is 16.9 Å². The molecule has 1 aliphatic heterocycles. The van der Waals surface area contributed by atoms with Crippen molar-refractivity contribution in [3.8, 4) is 5.69 Å². The van der Waals surface area contributed by atoms with E-state index < -0.39 is 11.2 Å². The van der Waals surface area contributed by atoms with Crippen LogP contribution in [0.15, 0.2) is 58.4 Å². The first-order valence-corrected chi connectivity index (χ1v) is 11.1. The second-order valence-corrected chi connectivity index (χ2v) is 8.55. The lowest BCUT2D eigenvalue weighted by Crippen LogP contribution is -2.42. The van der Waals surface area contributed by atoms with Crippen molar-refractivity contribution in [2.24, 2.45) is 0 Å². The molecule has 1 fully saturated rings. The van der Waals surface area contributed by atoms with Crippen LogP contribution < -0.4 is 11.2 Å². The number of para-hydroxylation sites is 1. The SMILES string of the molecule is Cc1cccc(C)c1-n1c(=O)n(C[C@H]2CCCO2)c(=O)c2c1ncn2Cc1ccccc1F. The van der Waals surface area contributed by atoms with Crippen molar-refractivity contribution in [3.63, 3.8) is 0 Å². The minimum atomic E-state index is -0.448. The van der Waals surface area contributed by atoms with Crippen LogP contribution in [0.3, 0.4) is 0 Å². The van der Waals surface area contributed by atoms with Gasteiger partial charge in [-0.05, 0) is 43.9 Å². The second kappa shape index (κ2) is 8.44. The number of rotatable bonds is 5. The number of aromatic nitrogens is 4. The summed E-state index contributed by atoms with van der Waals surface area (Å²) in [5.74, 6) is -0.359. The summed E-state index contributed by atoms with van der Waals surface area (Å²) in [6.45, 7) is 4.77. The molecule has 0 saturated carbocycles. The maximum atomic E-state index is 14.4. The Morgan fingerprint density at radius 3 is 2.55 bits per heavy atom. The van der Waals surface area contributed by atoms with Gasteiger partial charge in [0, 0.05) is 12.2 Å². The van der Waals surface area contributed by atoms with E-state index in [9.17, 15) is 14.0 Å². The number of nitrogens with zero attached hydrogens (tertiary/aromatic N) is 4. The first-order chi connectivity index (χ1) is 16.0. The van der Waals surface area contributed by atoms with E-state index in [1.165, 1.54) is 21.5 Å². The molecule has 0 aliphatic carbocycles. The molecule has 0 bridgehead atoms. The van der Waals surface area contributed by atoms with E-state index in [1.54, 1.807) is 22.8 Å². The van der Waals surface area contributed by atoms with Gasteiger partial charge in [-0.1, -0.05) is 36.4 Å². The van der Waals surface area contributed by atoms with Gasteiger partial charge in [-0.15, -0.1) is 0 Å². The van der Waals surface area contributed by atoms with Crippen LogP contribution in [0, 0.1) is 19.7 Å². The van der Waals surface area contributed by atoms with Gasteiger partial charge < -0.3 is 9.30 Å². The molecule has 0 radical (unpaired) electrons. The second-order valence-electron chi connectivity index (χ2n) is 8.55. The van der Waals surface area contributed by atoms with Crippen molar-refractivity contribution >= 4 is 11.2 Å². The summed E-state index contributed by atoms with van der Waals surface area (Å²) in [5, 5.41) is 0. The van der Waals surface area contributed by atoms with Crippen LogP contribution in [-0.2, 0) is 17.8 Å². The Balaban J connectivity index is 1.78. The molecule has 5 rings (SSSR count). The molecular weight excluding hydrogens is 423 g/mol. The van der Waals surface area contributed by atoms with Crippen molar-refractivity contribution in [3.05, 3.63) is 92.1 Å². The van der Waals surface area contributed by atoms with Crippen LogP contribution in [0.1, 0.15) is 29.5 Å². The average molecular weight is 448 g/mol. The number of ether oxygens (including phenoxy) is 1. The summed E-state index contributed by atoms with van der Waals surface area (Å²) in [4.78, 5) is 31.7. The highest BCUT2D eigenvalue weighted by Gasteiger charge is 2.24. The highest BCUT2D eigenvalue weighted by molar-refractivity contribution is 5.73. The molecule has 0 amide bonds. The smallest absolute Gasteiger partial charge is 0.337 e. The molecule has 1 atom stereocenters. The summed E-state index contributed by atoms with van der Waals surface area (Å²) >= 11 is 0. The Hall–Kier alpha value is -3.52. The van der Waals surface area contributed by atoms with E-state index in [2.05, 4.69) is 4.98 Å². The molecule has 170 valence electrons. The Labute approximate surface area is 189 Å². The number of benzene rings is 2. The third-order valence-electron chi connectivity index (χ3n) is 6.27. The number of imidazole rings is 1. The van der Waals surface area contributed by atoms with Gasteiger partial charge in [0.05, 0.1) is 31.2 Å². The first kappa shape index (κ1) is 21.3. The van der Waals surface area contributed by atoms with E-state index in [0.717, 1.165) is 24.0 Å². The minimum Gasteiger partial charge on any atom is -0.376 e. The maximum Gasteiger partial charge on any atom is 0.337 e. The zero-order valence-electron chi connectivity index (χ0n) is 18.6. The molecule has 7 nitrogen and oxygen atoms in total. The summed E-state index contributed by atoms with van der Waals surface area (Å²) in [5.41, 5.74) is 2.56. The van der Waals surface area contributed by atoms with Crippen LogP contribution in [-0.4, -0.2) is 31.4 Å². The molecule has 0 N–H and O–H groups in total. The number of hydrogen-bond donors (Lipinski definition) is 0. The van der Waals surface area contributed by atoms with Crippen LogP contribution in [0.4, 0.5) is 4.39 Å². The monoisotopic (exact) mass is 448 g/mol. The van der Waals surface area contributed by atoms with Gasteiger partial charge in [0.2, 0.25) is 0 Å². The lowest BCUT2D eigenvalue weighted by molar-refractivity contribution is 0.0950. The Kier molecular flexibility index (Phi) is 5.46. The van der Waals surface area contributed by atoms with Gasteiger partial charge in [0.25, 0.3) is 5.56 Å². The van der Waals surface area contributed by atoms with Crippen LogP contribution in [0.2, 0.25) is 0 Å². The lowest BCUT2D eigenvalue weighted by Gasteiger charge is -2.17. The lowest BCUT2D eigenvalue weighted by atomic mass is 10.1. The average Bonchev–Trinajstić information content (AvgIpc) is 3.45. The molecule has 3 heterocycles. The predicted molar refractivity (Wildman–Crippen MR) is 124 cm³/mol. The molecule has 8 heteroatoms. The number of halogens is 1. The predicted octanol–water partition coefficient (Wildman–Crippen LogP) is 3.33. The fourth-order valence-electron chi connectivity index (χ4n) is 4.62. The Bertz CT molecular complexity index is 1440. The van der Waals surface area contributed by atoms with Crippen molar-refractivity contribution in [2.75, 3.05) is 6.61 Å². The number of hydrogen-bond acceptors (Lipinski definition) is 4. The molecule has 0 unspecified atom stereocenters. The fraction of sp³-hybridized carbons (Fsp3) is 0.320. The Morgan fingerprint density at radius 2 is 1.85 bits per heavy atom. The molecule has 33 heavy (non-hydrogen) atoms. The number of fused-ring (bicyclic) bond motifs is 1. The Morgan fingerprint density at radius 1 is 1.09 bits per heavy atom. The first-order valence-electron chi connectivity index (χ1n) is 11.1. The molecule has 4 aromatic rings. The summed E-state index contributed by atoms with van der Waals surface area (Å²) in [7, 11) is 0. The standard InChI is InChI=1S/C25H25FN4O3/c1-16-7-5-8-17(2)21(16)30-23-22(24(31)29(25(30)32)14-19-10-6-12-33-19)28(15-27-23)13-18-9-3-4-11-20(18)26/h3-5,7-9,11,15,19H,6,10,12-14H2,1-2H3/t19-/m1/s1. The zero-order valence-corrected chi connectivity index (χ0v) is 18.6. The summed E-state index contributed by atoms with van der Waals surface area (Å²) in [6, 6.07) is 12.2. The third kappa shape index (κ3) is 3.70. The van der Waals surface area contributed by atoms with Crippen LogP contribution in [0.5, 0.6) is 0 Å². The van der Waals surface area contributed by atoms with Gasteiger partial charge >= 0.3 is 5.69 Å². The molecule has 1 aliphatic rings. The van der Waals surface area contributed by atoms with E-state index in [4.69, 9.17) is 4.74 Å². The molecule has 2 aromatic carbocycles. The van der Waals surface area contributed by atoms with Crippen LogP contribution >= 0.6 is 0 Å². The maximum absolute atomic E-state index is 14.4. The topological polar surface area (TPSA) is 71.1 Å². The van der Waals surface area contributed by atoms with E-state index in [0.29, 0.717) is 17.9 Å². The molecule has 1 saturated heterocycles. The van der Waals surface area contributed by atoms with Crippen molar-refractivity contribution < 1.29 is 9.13 Å². The summed E-state index contributed by atoms with van der Waals surface area (Å²) < 4.78 is 24.4. The quantitative estimate of drug-likeness (QED) is 0.470. The molecular formula is C25H25FN4O3. The van der Waals surface area contributed by atoms with Crippen molar-refractivity contribution in [1.82, 2.24) is 18.7 Å². The van der Waals surface area contributed by atoms with E-state index in [1.807, 2.05) is 32.0 Å². The molecule has 0 spiro atoms. The largest absolute Gasteiger partial charge is 0.376 e. The van der Waals surface area contributed by atoms with Gasteiger partial charge in [0.15, 0.2) is 11.2 Å². The highest BCUT2D eigenvalue weighted by atomic mass is 19.1. The zero-order chi connectivity index (χ0) is 23.1. The van der Waals surface area contributed by atoms with E-state index >= 15 is 0 Å². The summed E-state index contributed by atoms with van der Waals surface area (Å²) in [6.07, 6.45) is 3.00. The van der Waals surface area contributed by atoms with E-state index in [-0.39, 0.29) is 36.2 Å². The van der Waals surface area contributed by atoms with Gasteiger partial charge in [0.1, 0.15) is 5.82 Å². The van der Waals surface area contributed by atoms with Gasteiger partial charge in [-0.3, -0.25) is 9.36 Å². The van der Waals surface area contributed by atoms with Gasteiger partial charge in [-0.2, -0.15) is 0 Å². The van der Waals surface area contributed by atoms with Crippen molar-refractivity contribution in [2.45, 2.75) is 45.9 Å². The number of aryl methyl sites for hydroxylation is 2. The molecule has 2 aromatic heterocycles. The third-order valence-corrected chi connectivity index (χ3v) is 6.27. The fourth-order valence-corrected chi connectivity index (χ4v) is 4.62. The highest BCUT2D eigenvalue weighted by Crippen LogP contribution is 2.22. The van der Waals surface area contributed by atoms with Crippen molar-refractivity contribution in [1.29, 1.82) is 0 Å². The van der Waals surface area contributed by atoms with Gasteiger partial charge in [-0.25, -0.2) is 18.7 Å².